The molecule has 0 aromatic heterocycles. The monoisotopic (exact) mass is 537 g/mol. The number of anilines is 1. The number of nitrogens with zero attached hydrogens (tertiary/aromatic N) is 1. The van der Waals surface area contributed by atoms with Gasteiger partial charge in [-0.2, -0.15) is 0 Å². The molecule has 3 unspecified atom stereocenters. The molecule has 1 saturated carbocycles. The van der Waals surface area contributed by atoms with E-state index in [2.05, 4.69) is 21.3 Å². The van der Waals surface area contributed by atoms with Crippen LogP contribution < -0.4 is 21.3 Å². The molecule has 0 spiro atoms. The molecule has 3 aliphatic rings. The number of halogens is 3. The number of fused-ring (bicyclic) bond motifs is 1. The van der Waals surface area contributed by atoms with E-state index in [9.17, 15) is 32.3 Å². The second-order valence-electron chi connectivity index (χ2n) is 11.1. The number of carbonyl (C=O) groups is 4. The summed E-state index contributed by atoms with van der Waals surface area (Å²) in [6, 6.07) is -0.463. The lowest BCUT2D eigenvalue weighted by Crippen LogP contribution is -2.55. The summed E-state index contributed by atoms with van der Waals surface area (Å²) in [5.41, 5.74) is -0.811. The van der Waals surface area contributed by atoms with Gasteiger partial charge in [-0.25, -0.2) is 13.2 Å². The van der Waals surface area contributed by atoms with Crippen LogP contribution in [0.25, 0.3) is 0 Å². The van der Waals surface area contributed by atoms with Crippen molar-refractivity contribution in [1.82, 2.24) is 20.9 Å². The van der Waals surface area contributed by atoms with Crippen molar-refractivity contribution in [3.8, 4) is 0 Å². The van der Waals surface area contributed by atoms with Gasteiger partial charge in [0.1, 0.15) is 17.5 Å². The second kappa shape index (κ2) is 10.5. The molecule has 0 bridgehead atoms. The molecule has 1 aliphatic carbocycles. The normalized spacial score (nSPS) is 26.7. The van der Waals surface area contributed by atoms with Crippen LogP contribution in [0.2, 0.25) is 0 Å². The highest BCUT2D eigenvalue weighted by atomic mass is 19.1. The van der Waals surface area contributed by atoms with Gasteiger partial charge in [-0.3, -0.25) is 19.2 Å². The molecule has 1 aromatic carbocycles. The third-order valence-electron chi connectivity index (χ3n) is 8.51. The van der Waals surface area contributed by atoms with Crippen molar-refractivity contribution in [2.75, 3.05) is 32.0 Å². The summed E-state index contributed by atoms with van der Waals surface area (Å²) in [6.07, 6.45) is 0.870. The highest BCUT2D eigenvalue weighted by Crippen LogP contribution is 2.64. The van der Waals surface area contributed by atoms with Crippen molar-refractivity contribution in [2.45, 2.75) is 45.7 Å². The molecule has 1 aromatic rings. The van der Waals surface area contributed by atoms with E-state index in [4.69, 9.17) is 0 Å². The number of piperidine rings is 1. The lowest BCUT2D eigenvalue weighted by molar-refractivity contribution is -0.140. The molecule has 38 heavy (non-hydrogen) atoms. The number of nitrogens with one attached hydrogen (secondary N) is 4. The molecule has 4 amide bonds. The number of rotatable bonds is 9. The van der Waals surface area contributed by atoms with Crippen LogP contribution in [0.15, 0.2) is 12.1 Å². The van der Waals surface area contributed by atoms with Crippen molar-refractivity contribution < 1.29 is 32.3 Å². The van der Waals surface area contributed by atoms with E-state index in [-0.39, 0.29) is 41.4 Å². The van der Waals surface area contributed by atoms with Crippen molar-refractivity contribution in [2.24, 2.45) is 29.1 Å². The molecule has 208 valence electrons. The average Bonchev–Trinajstić information content (AvgIpc) is 3.20. The van der Waals surface area contributed by atoms with Crippen LogP contribution in [-0.4, -0.2) is 67.3 Å². The number of carbonyl (C=O) groups excluding carboxylic acids is 4. The third kappa shape index (κ3) is 5.17. The Bertz CT molecular complexity index is 1120. The van der Waals surface area contributed by atoms with E-state index in [0.29, 0.717) is 31.6 Å². The van der Waals surface area contributed by atoms with E-state index in [1.165, 1.54) is 11.9 Å². The lowest BCUT2D eigenvalue weighted by Gasteiger charge is -2.33. The number of likely N-dealkylation sites (tertiary alicyclic amines) is 1. The predicted molar refractivity (Wildman–Crippen MR) is 132 cm³/mol. The lowest BCUT2D eigenvalue weighted by atomic mass is 9.89. The Labute approximate surface area is 219 Å². The molecule has 2 aliphatic heterocycles. The number of hydrogen-bond acceptors (Lipinski definition) is 5. The third-order valence-corrected chi connectivity index (χ3v) is 8.51. The maximum atomic E-state index is 14.0. The zero-order valence-corrected chi connectivity index (χ0v) is 21.9. The first-order chi connectivity index (χ1) is 17.9. The Balaban J connectivity index is 1.50. The van der Waals surface area contributed by atoms with Crippen molar-refractivity contribution in [1.29, 1.82) is 0 Å². The molecule has 2 saturated heterocycles. The molecule has 4 N–H and O–H groups in total. The molecule has 12 heteroatoms. The maximum Gasteiger partial charge on any atom is 0.243 e. The maximum absolute atomic E-state index is 14.0. The fraction of sp³-hybridized carbons (Fsp3) is 0.615. The van der Waals surface area contributed by atoms with Gasteiger partial charge in [0.15, 0.2) is 11.6 Å². The van der Waals surface area contributed by atoms with Crippen LogP contribution in [0.4, 0.5) is 18.9 Å². The quantitative estimate of drug-likeness (QED) is 0.380. The molecule has 6 atom stereocenters. The first-order valence-corrected chi connectivity index (χ1v) is 12.8. The minimum atomic E-state index is -1.17. The number of benzene rings is 1. The number of hydrogen-bond donors (Lipinski definition) is 4. The zero-order chi connectivity index (χ0) is 27.9. The van der Waals surface area contributed by atoms with Crippen LogP contribution in [0.5, 0.6) is 0 Å². The second-order valence-corrected chi connectivity index (χ2v) is 11.1. The summed E-state index contributed by atoms with van der Waals surface area (Å²) in [4.78, 5) is 52.8. The Hall–Kier alpha value is -3.31. The van der Waals surface area contributed by atoms with Crippen molar-refractivity contribution in [3.63, 3.8) is 0 Å². The van der Waals surface area contributed by atoms with Gasteiger partial charge < -0.3 is 26.2 Å². The van der Waals surface area contributed by atoms with E-state index in [0.717, 1.165) is 0 Å². The summed E-state index contributed by atoms with van der Waals surface area (Å²) >= 11 is 0. The first kappa shape index (κ1) is 27.7. The van der Waals surface area contributed by atoms with Gasteiger partial charge in [0.2, 0.25) is 23.6 Å². The Morgan fingerprint density at radius 1 is 1.18 bits per heavy atom. The van der Waals surface area contributed by atoms with Gasteiger partial charge >= 0.3 is 0 Å². The van der Waals surface area contributed by atoms with Crippen LogP contribution in [0.3, 0.4) is 0 Å². The minimum absolute atomic E-state index is 0.0666. The van der Waals surface area contributed by atoms with E-state index >= 15 is 0 Å². The topological polar surface area (TPSA) is 120 Å². The minimum Gasteiger partial charge on any atom is -0.371 e. The summed E-state index contributed by atoms with van der Waals surface area (Å²) in [7, 11) is 1.49. The van der Waals surface area contributed by atoms with Gasteiger partial charge in [0.05, 0.1) is 12.5 Å². The number of amides is 4. The highest BCUT2D eigenvalue weighted by molar-refractivity contribution is 5.92. The van der Waals surface area contributed by atoms with Crippen LogP contribution in [-0.2, 0) is 19.2 Å². The average molecular weight is 538 g/mol. The summed E-state index contributed by atoms with van der Waals surface area (Å²) in [5, 5.41) is 10.7. The van der Waals surface area contributed by atoms with Crippen LogP contribution >= 0.6 is 0 Å². The van der Waals surface area contributed by atoms with Crippen molar-refractivity contribution >= 4 is 29.3 Å². The van der Waals surface area contributed by atoms with Crippen LogP contribution in [0.1, 0.15) is 33.6 Å². The van der Waals surface area contributed by atoms with Crippen molar-refractivity contribution in [3.05, 3.63) is 29.6 Å². The largest absolute Gasteiger partial charge is 0.371 e. The molecule has 2 heterocycles. The molecule has 0 radical (unpaired) electrons. The van der Waals surface area contributed by atoms with Gasteiger partial charge in [-0.1, -0.05) is 20.8 Å². The van der Waals surface area contributed by atoms with Gasteiger partial charge in [0, 0.05) is 44.2 Å². The first-order valence-electron chi connectivity index (χ1n) is 12.8. The summed E-state index contributed by atoms with van der Waals surface area (Å²) in [5.74, 6) is -5.84. The van der Waals surface area contributed by atoms with E-state index in [1.54, 1.807) is 6.92 Å². The fourth-order valence-electron chi connectivity index (χ4n) is 6.06. The standard InChI is InChI=1S/C26H34F3N5O4/c1-12(23(36)30-4)18(7-13-5-6-31-24(13)37)33-25(38)22-20-15(26(20,2)3)11-34(22)19(35)10-32-21-16(28)8-14(27)9-17(21)29/h8-9,12-13,15,18,20,22,32H,5-7,10-11H2,1-4H3,(H,30,36)(H,31,37)(H,33,38)/t12?,13-,15?,18-,20?,22-/m0/s1. The van der Waals surface area contributed by atoms with Gasteiger partial charge in [0.25, 0.3) is 0 Å². The van der Waals surface area contributed by atoms with E-state index in [1.807, 2.05) is 13.8 Å². The van der Waals surface area contributed by atoms with E-state index < -0.39 is 59.5 Å². The zero-order valence-electron chi connectivity index (χ0n) is 21.9. The molecule has 9 nitrogen and oxygen atoms in total. The Morgan fingerprint density at radius 3 is 2.42 bits per heavy atom. The fourth-order valence-corrected chi connectivity index (χ4v) is 6.06. The Morgan fingerprint density at radius 2 is 1.84 bits per heavy atom. The van der Waals surface area contributed by atoms with Crippen LogP contribution in [0, 0.1) is 46.5 Å². The Kier molecular flexibility index (Phi) is 7.62. The van der Waals surface area contributed by atoms with Gasteiger partial charge in [-0.15, -0.1) is 0 Å². The highest BCUT2D eigenvalue weighted by Gasteiger charge is 2.69. The van der Waals surface area contributed by atoms with Gasteiger partial charge in [-0.05, 0) is 30.1 Å². The summed E-state index contributed by atoms with van der Waals surface area (Å²) in [6.45, 7) is 6.03. The predicted octanol–water partition coefficient (Wildman–Crippen LogP) is 1.39. The molecule has 3 fully saturated rings. The smallest absolute Gasteiger partial charge is 0.243 e. The summed E-state index contributed by atoms with van der Waals surface area (Å²) < 4.78 is 41.3. The molecular formula is C26H34F3N5O4. The SMILES string of the molecule is CNC(=O)C(C)[C@H](C[C@@H]1CCNC1=O)NC(=O)[C@@H]1C2C(CN1C(=O)CNc1c(F)cc(F)cc1F)C2(C)C. The molecule has 4 rings (SSSR count). The molecular weight excluding hydrogens is 503 g/mol.